The minimum absolute atomic E-state index is 0.00486. The van der Waals surface area contributed by atoms with Crippen LogP contribution in [-0.2, 0) is 0 Å². The van der Waals surface area contributed by atoms with E-state index in [1.54, 1.807) is 18.0 Å². The van der Waals surface area contributed by atoms with Crippen LogP contribution in [0.25, 0.3) is 0 Å². The Morgan fingerprint density at radius 3 is 2.35 bits per heavy atom. The number of carboxylic acids is 1. The second-order valence-corrected chi connectivity index (χ2v) is 5.89. The summed E-state index contributed by atoms with van der Waals surface area (Å²) >= 11 is 0. The van der Waals surface area contributed by atoms with Crippen molar-refractivity contribution in [1.29, 1.82) is 0 Å². The largest absolute Gasteiger partial charge is 0.477 e. The van der Waals surface area contributed by atoms with Gasteiger partial charge in [0.15, 0.2) is 0 Å². The van der Waals surface area contributed by atoms with Gasteiger partial charge in [0.05, 0.1) is 4.92 Å². The first-order valence-corrected chi connectivity index (χ1v) is 6.31. The van der Waals surface area contributed by atoms with Crippen LogP contribution in [0.1, 0.15) is 38.1 Å². The molecule has 0 radical (unpaired) electrons. The van der Waals surface area contributed by atoms with Gasteiger partial charge in [0.25, 0.3) is 0 Å². The predicted molar refractivity (Wildman–Crippen MR) is 77.4 cm³/mol. The normalized spacial score (nSPS) is 12.8. The average molecular weight is 280 g/mol. The number of aromatic carboxylic acids is 1. The molecule has 20 heavy (non-hydrogen) atoms. The third-order valence-corrected chi connectivity index (χ3v) is 3.64. The van der Waals surface area contributed by atoms with E-state index in [1.807, 2.05) is 27.7 Å². The molecule has 1 aromatic carbocycles. The molecule has 0 heterocycles. The van der Waals surface area contributed by atoms with Crippen molar-refractivity contribution in [2.75, 3.05) is 11.9 Å². The first-order chi connectivity index (χ1) is 9.07. The number of hydrogen-bond acceptors (Lipinski definition) is 4. The highest BCUT2D eigenvalue weighted by atomic mass is 16.6. The molecule has 0 aliphatic rings. The van der Waals surface area contributed by atoms with Crippen LogP contribution < -0.4 is 4.90 Å². The number of nitrogens with zero attached hydrogens (tertiary/aromatic N) is 2. The molecule has 1 unspecified atom stereocenters. The Labute approximate surface area is 118 Å². The highest BCUT2D eigenvalue weighted by Gasteiger charge is 2.31. The summed E-state index contributed by atoms with van der Waals surface area (Å²) < 4.78 is 0. The van der Waals surface area contributed by atoms with Crippen molar-refractivity contribution in [3.05, 3.63) is 33.9 Å². The van der Waals surface area contributed by atoms with Crippen molar-refractivity contribution < 1.29 is 14.8 Å². The van der Waals surface area contributed by atoms with Crippen LogP contribution in [0.15, 0.2) is 18.2 Å². The Hall–Kier alpha value is -2.11. The summed E-state index contributed by atoms with van der Waals surface area (Å²) in [6, 6.07) is 4.36. The maximum atomic E-state index is 11.2. The van der Waals surface area contributed by atoms with Crippen LogP contribution in [-0.4, -0.2) is 29.1 Å². The van der Waals surface area contributed by atoms with Crippen LogP contribution in [0, 0.1) is 15.5 Å². The van der Waals surface area contributed by atoms with Gasteiger partial charge in [0.1, 0.15) is 11.3 Å². The highest BCUT2D eigenvalue weighted by molar-refractivity contribution is 5.95. The van der Waals surface area contributed by atoms with Gasteiger partial charge in [0, 0.05) is 13.1 Å². The molecule has 0 saturated carbocycles. The number of carboxylic acid groups (broad SMARTS) is 1. The average Bonchev–Trinajstić information content (AvgIpc) is 2.34. The molecule has 1 atom stereocenters. The number of hydrogen-bond donors (Lipinski definition) is 1. The summed E-state index contributed by atoms with van der Waals surface area (Å²) in [7, 11) is 1.74. The molecule has 1 aromatic rings. The van der Waals surface area contributed by atoms with Gasteiger partial charge in [0.2, 0.25) is 0 Å². The number of carbonyl (C=O) groups is 1. The number of nitro groups is 1. The lowest BCUT2D eigenvalue weighted by atomic mass is 9.86. The number of para-hydroxylation sites is 1. The van der Waals surface area contributed by atoms with E-state index in [0.29, 0.717) is 5.69 Å². The minimum Gasteiger partial charge on any atom is -0.477 e. The fraction of sp³-hybridized carbons (Fsp3) is 0.500. The zero-order chi connectivity index (χ0) is 15.7. The third kappa shape index (κ3) is 3.07. The zero-order valence-corrected chi connectivity index (χ0v) is 12.4. The molecule has 110 valence electrons. The van der Waals surface area contributed by atoms with Crippen LogP contribution in [0.2, 0.25) is 0 Å². The fourth-order valence-corrected chi connectivity index (χ4v) is 1.97. The van der Waals surface area contributed by atoms with Crippen molar-refractivity contribution in [2.45, 2.75) is 33.7 Å². The summed E-state index contributed by atoms with van der Waals surface area (Å²) in [6.07, 6.45) is 0. The molecule has 0 amide bonds. The molecular weight excluding hydrogens is 260 g/mol. The van der Waals surface area contributed by atoms with E-state index < -0.39 is 10.9 Å². The Bertz CT molecular complexity index is 534. The van der Waals surface area contributed by atoms with Crippen LogP contribution in [0.4, 0.5) is 11.4 Å². The van der Waals surface area contributed by atoms with Gasteiger partial charge in [-0.2, -0.15) is 0 Å². The number of nitro benzene ring substituents is 1. The molecule has 0 fully saturated rings. The lowest BCUT2D eigenvalue weighted by molar-refractivity contribution is -0.384. The summed E-state index contributed by atoms with van der Waals surface area (Å²) in [4.78, 5) is 23.5. The van der Waals surface area contributed by atoms with Gasteiger partial charge in [-0.1, -0.05) is 26.8 Å². The van der Waals surface area contributed by atoms with Gasteiger partial charge >= 0.3 is 11.7 Å². The van der Waals surface area contributed by atoms with Gasteiger partial charge in [-0.05, 0) is 24.5 Å². The predicted octanol–water partition coefficient (Wildman–Crippen LogP) is 3.16. The van der Waals surface area contributed by atoms with Crippen molar-refractivity contribution in [2.24, 2.45) is 5.41 Å². The first-order valence-electron chi connectivity index (χ1n) is 6.31. The molecule has 0 spiro atoms. The smallest absolute Gasteiger partial charge is 0.342 e. The third-order valence-electron chi connectivity index (χ3n) is 3.64. The van der Waals surface area contributed by atoms with Crippen molar-refractivity contribution >= 4 is 17.3 Å². The lowest BCUT2D eigenvalue weighted by Crippen LogP contribution is -2.39. The molecule has 1 rings (SSSR count). The summed E-state index contributed by atoms with van der Waals surface area (Å²) in [5.74, 6) is -1.30. The molecule has 0 aliphatic heterocycles. The van der Waals surface area contributed by atoms with E-state index in [-0.39, 0.29) is 22.7 Å². The molecule has 6 heteroatoms. The molecule has 0 aliphatic carbocycles. The SMILES string of the molecule is CC(N(C)c1cccc(C(=O)O)c1[N+](=O)[O-])C(C)(C)C. The van der Waals surface area contributed by atoms with Gasteiger partial charge in [-0.25, -0.2) is 4.79 Å². The summed E-state index contributed by atoms with van der Waals surface area (Å²) in [5.41, 5.74) is -0.432. The molecule has 6 nitrogen and oxygen atoms in total. The van der Waals surface area contributed by atoms with Crippen molar-refractivity contribution in [1.82, 2.24) is 0 Å². The molecular formula is C14H20N2O4. The number of benzene rings is 1. The molecule has 0 saturated heterocycles. The topological polar surface area (TPSA) is 83.7 Å². The molecule has 0 aromatic heterocycles. The van der Waals surface area contributed by atoms with E-state index >= 15 is 0 Å². The van der Waals surface area contributed by atoms with Crippen LogP contribution >= 0.6 is 0 Å². The standard InChI is InChI=1S/C14H20N2O4/c1-9(14(2,3)4)15(5)11-8-6-7-10(13(17)18)12(11)16(19)20/h6-9H,1-5H3,(H,17,18). The first kappa shape index (κ1) is 15.9. The molecule has 0 bridgehead atoms. The highest BCUT2D eigenvalue weighted by Crippen LogP contribution is 2.35. The second-order valence-electron chi connectivity index (χ2n) is 5.89. The Morgan fingerprint density at radius 1 is 1.40 bits per heavy atom. The maximum Gasteiger partial charge on any atom is 0.342 e. The number of rotatable bonds is 4. The van der Waals surface area contributed by atoms with Crippen LogP contribution in [0.3, 0.4) is 0 Å². The fourth-order valence-electron chi connectivity index (χ4n) is 1.97. The quantitative estimate of drug-likeness (QED) is 0.676. The number of anilines is 1. The van der Waals surface area contributed by atoms with Crippen molar-refractivity contribution in [3.63, 3.8) is 0 Å². The van der Waals surface area contributed by atoms with Gasteiger partial charge < -0.3 is 10.0 Å². The van der Waals surface area contributed by atoms with Crippen molar-refractivity contribution in [3.8, 4) is 0 Å². The minimum atomic E-state index is -1.30. The lowest BCUT2D eigenvalue weighted by Gasteiger charge is -2.36. The van der Waals surface area contributed by atoms with E-state index in [0.717, 1.165) is 0 Å². The Morgan fingerprint density at radius 2 is 1.95 bits per heavy atom. The van der Waals surface area contributed by atoms with E-state index in [9.17, 15) is 14.9 Å². The van der Waals surface area contributed by atoms with Crippen LogP contribution in [0.5, 0.6) is 0 Å². The van der Waals surface area contributed by atoms with E-state index in [2.05, 4.69) is 0 Å². The van der Waals surface area contributed by atoms with E-state index in [1.165, 1.54) is 12.1 Å². The van der Waals surface area contributed by atoms with Gasteiger partial charge in [-0.3, -0.25) is 10.1 Å². The second kappa shape index (κ2) is 5.48. The monoisotopic (exact) mass is 280 g/mol. The zero-order valence-electron chi connectivity index (χ0n) is 12.4. The molecule has 1 N–H and O–H groups in total. The van der Waals surface area contributed by atoms with Gasteiger partial charge in [-0.15, -0.1) is 0 Å². The van der Waals surface area contributed by atoms with E-state index in [4.69, 9.17) is 5.11 Å². The Kier molecular flexibility index (Phi) is 4.37. The Balaban J connectivity index is 3.42. The summed E-state index contributed by atoms with van der Waals surface area (Å²) in [5, 5.41) is 20.3. The summed E-state index contributed by atoms with van der Waals surface area (Å²) in [6.45, 7) is 8.04. The maximum absolute atomic E-state index is 11.2.